The van der Waals surface area contributed by atoms with Gasteiger partial charge in [0.15, 0.2) is 0 Å². The molecule has 0 aromatic heterocycles. The molecule has 0 aliphatic carbocycles. The van der Waals surface area contributed by atoms with Gasteiger partial charge in [0.05, 0.1) is 5.57 Å². The van der Waals surface area contributed by atoms with Crippen LogP contribution >= 0.6 is 0 Å². The number of hydrogen-bond acceptors (Lipinski definition) is 3. The maximum absolute atomic E-state index is 12.4. The van der Waals surface area contributed by atoms with Gasteiger partial charge in [0, 0.05) is 20.1 Å². The van der Waals surface area contributed by atoms with E-state index in [0.717, 1.165) is 37.1 Å². The third kappa shape index (κ3) is 1.92. The van der Waals surface area contributed by atoms with Crippen molar-refractivity contribution >= 4 is 17.4 Å². The van der Waals surface area contributed by atoms with Crippen molar-refractivity contribution in [1.29, 1.82) is 0 Å². The Morgan fingerprint density at radius 3 is 2.15 bits per heavy atom. The number of aryl methyl sites for hydroxylation is 1. The molecule has 2 heterocycles. The minimum Gasteiger partial charge on any atom is -0.366 e. The quantitative estimate of drug-likeness (QED) is 0.769. The zero-order valence-corrected chi connectivity index (χ0v) is 11.8. The molecule has 0 saturated carbocycles. The summed E-state index contributed by atoms with van der Waals surface area (Å²) in [5.74, 6) is -0.367. The molecule has 1 fully saturated rings. The van der Waals surface area contributed by atoms with Crippen LogP contribution in [-0.4, -0.2) is 41.8 Å². The third-order valence-electron chi connectivity index (χ3n) is 4.03. The molecule has 3 rings (SSSR count). The van der Waals surface area contributed by atoms with Crippen molar-refractivity contribution in [3.8, 4) is 0 Å². The summed E-state index contributed by atoms with van der Waals surface area (Å²) in [4.78, 5) is 28.0. The van der Waals surface area contributed by atoms with E-state index < -0.39 is 0 Å². The van der Waals surface area contributed by atoms with Crippen LogP contribution in [0.25, 0.3) is 5.57 Å². The lowest BCUT2D eigenvalue weighted by molar-refractivity contribution is -0.135. The molecule has 4 nitrogen and oxygen atoms in total. The van der Waals surface area contributed by atoms with Crippen molar-refractivity contribution < 1.29 is 9.59 Å². The first-order chi connectivity index (χ1) is 9.59. The van der Waals surface area contributed by atoms with Crippen molar-refractivity contribution in [3.05, 3.63) is 41.1 Å². The van der Waals surface area contributed by atoms with Gasteiger partial charge in [-0.3, -0.25) is 14.5 Å². The molecule has 20 heavy (non-hydrogen) atoms. The van der Waals surface area contributed by atoms with Gasteiger partial charge in [-0.2, -0.15) is 0 Å². The molecule has 1 aromatic rings. The molecule has 1 saturated heterocycles. The van der Waals surface area contributed by atoms with Crippen LogP contribution in [0.2, 0.25) is 0 Å². The first kappa shape index (κ1) is 12.9. The Morgan fingerprint density at radius 1 is 0.950 bits per heavy atom. The summed E-state index contributed by atoms with van der Waals surface area (Å²) in [5, 5.41) is 0. The highest BCUT2D eigenvalue weighted by atomic mass is 16.2. The van der Waals surface area contributed by atoms with Crippen LogP contribution in [0, 0.1) is 6.92 Å². The number of carbonyl (C=O) groups excluding carboxylic acids is 2. The maximum atomic E-state index is 12.4. The second kappa shape index (κ2) is 4.78. The highest BCUT2D eigenvalue weighted by Crippen LogP contribution is 2.32. The summed E-state index contributed by atoms with van der Waals surface area (Å²) >= 11 is 0. The van der Waals surface area contributed by atoms with Crippen LogP contribution in [0.1, 0.15) is 24.0 Å². The summed E-state index contributed by atoms with van der Waals surface area (Å²) in [6.07, 6.45) is 2.16. The van der Waals surface area contributed by atoms with Crippen LogP contribution in [0.4, 0.5) is 0 Å². The van der Waals surface area contributed by atoms with Gasteiger partial charge in [0.2, 0.25) is 0 Å². The molecule has 0 atom stereocenters. The lowest BCUT2D eigenvalue weighted by Crippen LogP contribution is -2.31. The second-order valence-corrected chi connectivity index (χ2v) is 5.45. The summed E-state index contributed by atoms with van der Waals surface area (Å²) in [7, 11) is 1.56. The number of imide groups is 1. The zero-order valence-electron chi connectivity index (χ0n) is 11.8. The smallest absolute Gasteiger partial charge is 0.277 e. The Balaban J connectivity index is 2.12. The van der Waals surface area contributed by atoms with Gasteiger partial charge in [-0.15, -0.1) is 0 Å². The van der Waals surface area contributed by atoms with Gasteiger partial charge in [-0.25, -0.2) is 0 Å². The highest BCUT2D eigenvalue weighted by Gasteiger charge is 2.39. The maximum Gasteiger partial charge on any atom is 0.277 e. The Labute approximate surface area is 118 Å². The van der Waals surface area contributed by atoms with Crippen LogP contribution in [-0.2, 0) is 9.59 Å². The van der Waals surface area contributed by atoms with Crippen molar-refractivity contribution in [3.63, 3.8) is 0 Å². The monoisotopic (exact) mass is 270 g/mol. The van der Waals surface area contributed by atoms with Crippen LogP contribution < -0.4 is 0 Å². The van der Waals surface area contributed by atoms with Gasteiger partial charge < -0.3 is 4.90 Å². The molecule has 0 N–H and O–H groups in total. The molecule has 0 bridgehead atoms. The largest absolute Gasteiger partial charge is 0.366 e. The fourth-order valence-electron chi connectivity index (χ4n) is 2.84. The summed E-state index contributed by atoms with van der Waals surface area (Å²) < 4.78 is 0. The van der Waals surface area contributed by atoms with Crippen LogP contribution in [0.5, 0.6) is 0 Å². The van der Waals surface area contributed by atoms with Gasteiger partial charge in [-0.05, 0) is 25.3 Å². The molecule has 0 radical (unpaired) electrons. The van der Waals surface area contributed by atoms with Gasteiger partial charge in [-0.1, -0.05) is 29.8 Å². The van der Waals surface area contributed by atoms with E-state index in [9.17, 15) is 9.59 Å². The average molecular weight is 270 g/mol. The van der Waals surface area contributed by atoms with E-state index >= 15 is 0 Å². The number of carbonyl (C=O) groups is 2. The van der Waals surface area contributed by atoms with Crippen molar-refractivity contribution in [1.82, 2.24) is 9.80 Å². The predicted molar refractivity (Wildman–Crippen MR) is 76.7 cm³/mol. The molecule has 4 heteroatoms. The van der Waals surface area contributed by atoms with E-state index in [1.807, 2.05) is 31.2 Å². The fourth-order valence-corrected chi connectivity index (χ4v) is 2.84. The van der Waals surface area contributed by atoms with Crippen LogP contribution in [0.3, 0.4) is 0 Å². The van der Waals surface area contributed by atoms with Gasteiger partial charge in [0.25, 0.3) is 11.8 Å². The third-order valence-corrected chi connectivity index (χ3v) is 4.03. The summed E-state index contributed by atoms with van der Waals surface area (Å²) in [5.41, 5.74) is 3.11. The summed E-state index contributed by atoms with van der Waals surface area (Å²) in [6, 6.07) is 7.79. The molecule has 0 spiro atoms. The molecule has 104 valence electrons. The number of benzene rings is 1. The lowest BCUT2D eigenvalue weighted by atomic mass is 10.0. The first-order valence-corrected chi connectivity index (χ1v) is 6.98. The van der Waals surface area contributed by atoms with Crippen molar-refractivity contribution in [2.24, 2.45) is 0 Å². The molecular weight excluding hydrogens is 252 g/mol. The molecular formula is C16H18N2O2. The average Bonchev–Trinajstić information content (AvgIpc) is 3.03. The predicted octanol–water partition coefficient (Wildman–Crippen LogP) is 1.80. The zero-order chi connectivity index (χ0) is 14.3. The summed E-state index contributed by atoms with van der Waals surface area (Å²) in [6.45, 7) is 3.72. The van der Waals surface area contributed by atoms with Gasteiger partial charge in [0.1, 0.15) is 5.70 Å². The van der Waals surface area contributed by atoms with E-state index in [4.69, 9.17) is 0 Å². The normalized spacial score (nSPS) is 19.5. The SMILES string of the molecule is Cc1ccc(C2=C(N3CCCC3)C(=O)N(C)C2=O)cc1. The minimum absolute atomic E-state index is 0.174. The molecule has 2 aliphatic heterocycles. The molecule has 2 aliphatic rings. The Bertz CT molecular complexity index is 595. The Kier molecular flexibility index (Phi) is 3.08. The van der Waals surface area contributed by atoms with E-state index in [1.165, 1.54) is 4.90 Å². The molecule has 1 aromatic carbocycles. The van der Waals surface area contributed by atoms with Crippen molar-refractivity contribution in [2.75, 3.05) is 20.1 Å². The van der Waals surface area contributed by atoms with Gasteiger partial charge >= 0.3 is 0 Å². The Hall–Kier alpha value is -2.10. The standard InChI is InChI=1S/C16H18N2O2/c1-11-5-7-12(8-6-11)13-14(18-9-3-4-10-18)16(20)17(2)15(13)19/h5-8H,3-4,9-10H2,1-2H3. The number of likely N-dealkylation sites (N-methyl/N-ethyl adjacent to an activating group) is 1. The fraction of sp³-hybridized carbons (Fsp3) is 0.375. The Morgan fingerprint density at radius 2 is 1.55 bits per heavy atom. The number of hydrogen-bond donors (Lipinski definition) is 0. The highest BCUT2D eigenvalue weighted by molar-refractivity contribution is 6.35. The van der Waals surface area contributed by atoms with E-state index in [-0.39, 0.29) is 11.8 Å². The minimum atomic E-state index is -0.194. The molecule has 0 unspecified atom stereocenters. The second-order valence-electron chi connectivity index (χ2n) is 5.45. The first-order valence-electron chi connectivity index (χ1n) is 6.98. The lowest BCUT2D eigenvalue weighted by Gasteiger charge is -2.19. The molecule has 2 amide bonds. The number of likely N-dealkylation sites (tertiary alicyclic amines) is 1. The number of amides is 2. The van der Waals surface area contributed by atoms with Crippen molar-refractivity contribution in [2.45, 2.75) is 19.8 Å². The van der Waals surface area contributed by atoms with Crippen LogP contribution in [0.15, 0.2) is 30.0 Å². The van der Waals surface area contributed by atoms with E-state index in [0.29, 0.717) is 11.3 Å². The van der Waals surface area contributed by atoms with E-state index in [1.54, 1.807) is 7.05 Å². The number of nitrogens with zero attached hydrogens (tertiary/aromatic N) is 2. The number of rotatable bonds is 2. The topological polar surface area (TPSA) is 40.6 Å². The van der Waals surface area contributed by atoms with E-state index in [2.05, 4.69) is 4.90 Å².